The van der Waals surface area contributed by atoms with E-state index in [9.17, 15) is 0 Å². The molecule has 1 rings (SSSR count). The van der Waals surface area contributed by atoms with E-state index < -0.39 is 0 Å². The number of guanidine groups is 1. The summed E-state index contributed by atoms with van der Waals surface area (Å²) in [5.74, 6) is 1.71. The zero-order chi connectivity index (χ0) is 13.9. The van der Waals surface area contributed by atoms with Crippen molar-refractivity contribution in [1.82, 2.24) is 10.6 Å². The van der Waals surface area contributed by atoms with Crippen LogP contribution in [0.4, 0.5) is 0 Å². The number of nitrogens with one attached hydrogen (secondary N) is 2. The molecular formula is C15H24IN3O. The van der Waals surface area contributed by atoms with E-state index >= 15 is 0 Å². The van der Waals surface area contributed by atoms with Crippen LogP contribution < -0.4 is 15.4 Å². The smallest absolute Gasteiger partial charge is 0.191 e. The van der Waals surface area contributed by atoms with Crippen LogP contribution in [0.3, 0.4) is 0 Å². The number of hydrogen-bond donors (Lipinski definition) is 2. The standard InChI is InChI=1S/C15H23N3O.HI/c1-4-10-17-15(16-5-2)18-11-9-13-7-6-8-14(12-13)19-3;/h4,6-8,12H,1,5,9-11H2,2-3H3,(H2,16,17,18);1H. The largest absolute Gasteiger partial charge is 0.497 e. The second kappa shape index (κ2) is 11.6. The number of aliphatic imine (C=N–C) groups is 1. The summed E-state index contributed by atoms with van der Waals surface area (Å²) in [4.78, 5) is 4.51. The van der Waals surface area contributed by atoms with Gasteiger partial charge in [-0.25, -0.2) is 0 Å². The molecule has 0 saturated heterocycles. The molecule has 5 heteroatoms. The van der Waals surface area contributed by atoms with Crippen molar-refractivity contribution in [1.29, 1.82) is 0 Å². The monoisotopic (exact) mass is 389 g/mol. The molecule has 4 nitrogen and oxygen atoms in total. The van der Waals surface area contributed by atoms with E-state index in [0.29, 0.717) is 6.54 Å². The van der Waals surface area contributed by atoms with Gasteiger partial charge in [-0.2, -0.15) is 0 Å². The average molecular weight is 389 g/mol. The zero-order valence-corrected chi connectivity index (χ0v) is 14.5. The van der Waals surface area contributed by atoms with Gasteiger partial charge >= 0.3 is 0 Å². The first-order chi connectivity index (χ1) is 9.30. The lowest BCUT2D eigenvalue weighted by Crippen LogP contribution is -2.37. The number of benzene rings is 1. The van der Waals surface area contributed by atoms with Crippen LogP contribution in [0.1, 0.15) is 12.5 Å². The lowest BCUT2D eigenvalue weighted by molar-refractivity contribution is 0.414. The molecule has 1 aromatic rings. The van der Waals surface area contributed by atoms with Crippen LogP contribution in [0.25, 0.3) is 0 Å². The van der Waals surface area contributed by atoms with Gasteiger partial charge in [-0.05, 0) is 31.0 Å². The Morgan fingerprint density at radius 2 is 2.20 bits per heavy atom. The van der Waals surface area contributed by atoms with Gasteiger partial charge in [0.2, 0.25) is 0 Å². The zero-order valence-electron chi connectivity index (χ0n) is 12.2. The molecule has 112 valence electrons. The Hall–Kier alpha value is -1.24. The van der Waals surface area contributed by atoms with E-state index in [-0.39, 0.29) is 24.0 Å². The van der Waals surface area contributed by atoms with Crippen molar-refractivity contribution < 1.29 is 4.74 Å². The van der Waals surface area contributed by atoms with Gasteiger partial charge in [0.15, 0.2) is 5.96 Å². The van der Waals surface area contributed by atoms with Crippen LogP contribution in [0.5, 0.6) is 5.75 Å². The van der Waals surface area contributed by atoms with Crippen molar-refractivity contribution in [2.45, 2.75) is 13.3 Å². The minimum Gasteiger partial charge on any atom is -0.497 e. The molecule has 0 radical (unpaired) electrons. The number of ether oxygens (including phenoxy) is 1. The van der Waals surface area contributed by atoms with Crippen molar-refractivity contribution in [3.63, 3.8) is 0 Å². The molecule has 0 bridgehead atoms. The van der Waals surface area contributed by atoms with Crippen molar-refractivity contribution >= 4 is 29.9 Å². The van der Waals surface area contributed by atoms with Gasteiger partial charge in [0.1, 0.15) is 5.75 Å². The van der Waals surface area contributed by atoms with E-state index in [1.165, 1.54) is 5.56 Å². The highest BCUT2D eigenvalue weighted by molar-refractivity contribution is 14.0. The lowest BCUT2D eigenvalue weighted by Gasteiger charge is -2.09. The second-order valence-electron chi connectivity index (χ2n) is 4.03. The van der Waals surface area contributed by atoms with Crippen LogP contribution in [0.2, 0.25) is 0 Å². The summed E-state index contributed by atoms with van der Waals surface area (Å²) < 4.78 is 5.20. The van der Waals surface area contributed by atoms with Gasteiger partial charge in [-0.15, -0.1) is 30.6 Å². The third kappa shape index (κ3) is 7.37. The van der Waals surface area contributed by atoms with Gasteiger partial charge in [-0.3, -0.25) is 4.99 Å². The van der Waals surface area contributed by atoms with E-state index in [0.717, 1.165) is 31.2 Å². The number of nitrogens with zero attached hydrogens (tertiary/aromatic N) is 1. The molecule has 0 aromatic heterocycles. The Labute approximate surface area is 138 Å². The number of rotatable bonds is 7. The molecule has 0 saturated carbocycles. The quantitative estimate of drug-likeness (QED) is 0.326. The fourth-order valence-corrected chi connectivity index (χ4v) is 1.64. The van der Waals surface area contributed by atoms with Crippen molar-refractivity contribution in [2.75, 3.05) is 26.7 Å². The van der Waals surface area contributed by atoms with E-state index in [4.69, 9.17) is 4.74 Å². The topological polar surface area (TPSA) is 45.7 Å². The second-order valence-corrected chi connectivity index (χ2v) is 4.03. The molecule has 0 aliphatic carbocycles. The molecule has 0 aliphatic rings. The van der Waals surface area contributed by atoms with Crippen molar-refractivity contribution in [2.24, 2.45) is 4.99 Å². The van der Waals surface area contributed by atoms with E-state index in [1.807, 2.05) is 31.2 Å². The Kier molecular flexibility index (Phi) is 10.9. The third-order valence-electron chi connectivity index (χ3n) is 2.56. The van der Waals surface area contributed by atoms with Crippen LogP contribution in [0, 0.1) is 0 Å². The molecule has 20 heavy (non-hydrogen) atoms. The van der Waals surface area contributed by atoms with Crippen molar-refractivity contribution in [3.05, 3.63) is 42.5 Å². The molecule has 0 atom stereocenters. The Bertz CT molecular complexity index is 421. The van der Waals surface area contributed by atoms with Crippen LogP contribution >= 0.6 is 24.0 Å². The number of methoxy groups -OCH3 is 1. The summed E-state index contributed by atoms with van der Waals surface area (Å²) >= 11 is 0. The maximum atomic E-state index is 5.20. The minimum absolute atomic E-state index is 0. The molecule has 0 unspecified atom stereocenters. The summed E-state index contributed by atoms with van der Waals surface area (Å²) in [6, 6.07) is 8.07. The highest BCUT2D eigenvalue weighted by Gasteiger charge is 1.97. The summed E-state index contributed by atoms with van der Waals surface area (Å²) in [5.41, 5.74) is 1.22. The highest BCUT2D eigenvalue weighted by atomic mass is 127. The Balaban J connectivity index is 0.00000361. The first-order valence-electron chi connectivity index (χ1n) is 6.56. The molecule has 0 amide bonds. The molecular weight excluding hydrogens is 365 g/mol. The highest BCUT2D eigenvalue weighted by Crippen LogP contribution is 2.12. The van der Waals surface area contributed by atoms with Crippen LogP contribution in [0.15, 0.2) is 41.9 Å². The Morgan fingerprint density at radius 3 is 2.85 bits per heavy atom. The number of hydrogen-bond acceptors (Lipinski definition) is 2. The Morgan fingerprint density at radius 1 is 1.40 bits per heavy atom. The molecule has 0 heterocycles. The summed E-state index contributed by atoms with van der Waals surface area (Å²) in [6.45, 7) is 8.03. The molecule has 0 fully saturated rings. The van der Waals surface area contributed by atoms with Crippen LogP contribution in [-0.2, 0) is 6.42 Å². The number of halogens is 1. The van der Waals surface area contributed by atoms with Gasteiger partial charge in [0, 0.05) is 19.6 Å². The van der Waals surface area contributed by atoms with Crippen molar-refractivity contribution in [3.8, 4) is 5.75 Å². The van der Waals surface area contributed by atoms with E-state index in [1.54, 1.807) is 7.11 Å². The molecule has 0 spiro atoms. The maximum Gasteiger partial charge on any atom is 0.191 e. The van der Waals surface area contributed by atoms with Gasteiger partial charge < -0.3 is 15.4 Å². The van der Waals surface area contributed by atoms with Gasteiger partial charge in [0.25, 0.3) is 0 Å². The molecule has 2 N–H and O–H groups in total. The molecule has 0 aliphatic heterocycles. The first kappa shape index (κ1) is 18.8. The average Bonchev–Trinajstić information content (AvgIpc) is 2.45. The van der Waals surface area contributed by atoms with Crippen LogP contribution in [-0.4, -0.2) is 32.7 Å². The first-order valence-corrected chi connectivity index (χ1v) is 6.56. The molecule has 1 aromatic carbocycles. The fraction of sp³-hybridized carbons (Fsp3) is 0.400. The predicted octanol–water partition coefficient (Wildman–Crippen LogP) is 2.60. The summed E-state index contributed by atoms with van der Waals surface area (Å²) in [7, 11) is 1.68. The summed E-state index contributed by atoms with van der Waals surface area (Å²) in [6.07, 6.45) is 2.71. The van der Waals surface area contributed by atoms with Gasteiger partial charge in [-0.1, -0.05) is 18.2 Å². The van der Waals surface area contributed by atoms with Gasteiger partial charge in [0.05, 0.1) is 7.11 Å². The summed E-state index contributed by atoms with van der Waals surface area (Å²) in [5, 5.41) is 6.37. The lowest BCUT2D eigenvalue weighted by atomic mass is 10.1. The fourth-order valence-electron chi connectivity index (χ4n) is 1.64. The third-order valence-corrected chi connectivity index (χ3v) is 2.56. The maximum absolute atomic E-state index is 5.20. The SMILES string of the molecule is C=CCNC(=NCCc1cccc(OC)c1)NCC.I. The predicted molar refractivity (Wildman–Crippen MR) is 96.3 cm³/mol. The minimum atomic E-state index is 0. The van der Waals surface area contributed by atoms with E-state index in [2.05, 4.69) is 28.3 Å². The normalized spacial score (nSPS) is 10.4.